The second kappa shape index (κ2) is 7.62. The van der Waals surface area contributed by atoms with Crippen LogP contribution in [0.1, 0.15) is 5.56 Å². The van der Waals surface area contributed by atoms with Crippen molar-refractivity contribution >= 4 is 21.6 Å². The zero-order valence-corrected chi connectivity index (χ0v) is 13.0. The number of halogens is 1. The molecule has 1 aromatic rings. The number of ether oxygens (including phenoxy) is 1. The van der Waals surface area contributed by atoms with Crippen LogP contribution in [-0.2, 0) is 14.8 Å². The molecule has 0 spiro atoms. The molecular weight excluding hydrogens is 300 g/mol. The van der Waals surface area contributed by atoms with Gasteiger partial charge in [0.1, 0.15) is 4.90 Å². The molecule has 0 aliphatic rings. The summed E-state index contributed by atoms with van der Waals surface area (Å²) in [4.78, 5) is 0.0519. The Morgan fingerprint density at radius 1 is 1.45 bits per heavy atom. The second-order valence-electron chi connectivity index (χ2n) is 3.97. The van der Waals surface area contributed by atoms with Gasteiger partial charge in [-0.3, -0.25) is 0 Å². The minimum atomic E-state index is -3.63. The monoisotopic (exact) mass is 316 g/mol. The van der Waals surface area contributed by atoms with Gasteiger partial charge < -0.3 is 10.5 Å². The van der Waals surface area contributed by atoms with E-state index in [0.717, 1.165) is 0 Å². The molecule has 1 aromatic carbocycles. The van der Waals surface area contributed by atoms with E-state index in [0.29, 0.717) is 12.2 Å². The second-order valence-corrected chi connectivity index (χ2v) is 6.39. The Kier molecular flexibility index (Phi) is 6.46. The number of methoxy groups -OCH3 is 1. The molecule has 7 heteroatoms. The summed E-state index contributed by atoms with van der Waals surface area (Å²) in [6.07, 6.45) is 0. The molecule has 0 aromatic heterocycles. The summed E-state index contributed by atoms with van der Waals surface area (Å²) in [7, 11) is -0.639. The molecule has 20 heavy (non-hydrogen) atoms. The molecule has 5 nitrogen and oxygen atoms in total. The van der Waals surface area contributed by atoms with Crippen molar-refractivity contribution in [2.45, 2.75) is 4.90 Å². The van der Waals surface area contributed by atoms with Crippen LogP contribution in [-0.4, -0.2) is 46.6 Å². The van der Waals surface area contributed by atoms with Gasteiger partial charge in [0, 0.05) is 26.3 Å². The van der Waals surface area contributed by atoms with E-state index in [9.17, 15) is 8.42 Å². The van der Waals surface area contributed by atoms with E-state index >= 15 is 0 Å². The highest BCUT2D eigenvalue weighted by atomic mass is 35.5. The average molecular weight is 317 g/mol. The third kappa shape index (κ3) is 4.20. The molecular formula is C13H17ClN2O3S. The third-order valence-electron chi connectivity index (χ3n) is 2.57. The summed E-state index contributed by atoms with van der Waals surface area (Å²) in [6, 6.07) is 4.56. The van der Waals surface area contributed by atoms with Gasteiger partial charge in [0.25, 0.3) is 0 Å². The highest BCUT2D eigenvalue weighted by Gasteiger charge is 2.23. The molecule has 0 unspecified atom stereocenters. The quantitative estimate of drug-likeness (QED) is 0.820. The maximum absolute atomic E-state index is 12.3. The summed E-state index contributed by atoms with van der Waals surface area (Å²) in [5.74, 6) is 5.48. The van der Waals surface area contributed by atoms with Crippen LogP contribution in [0.25, 0.3) is 0 Å². The van der Waals surface area contributed by atoms with Crippen molar-refractivity contribution in [3.8, 4) is 11.8 Å². The van der Waals surface area contributed by atoms with Crippen molar-refractivity contribution in [1.29, 1.82) is 0 Å². The first-order valence-corrected chi connectivity index (χ1v) is 7.69. The van der Waals surface area contributed by atoms with E-state index in [1.54, 1.807) is 6.07 Å². The molecule has 0 saturated heterocycles. The van der Waals surface area contributed by atoms with Crippen molar-refractivity contribution in [3.05, 3.63) is 28.8 Å². The number of hydrogen-bond donors (Lipinski definition) is 1. The average Bonchev–Trinajstić information content (AvgIpc) is 2.42. The summed E-state index contributed by atoms with van der Waals surface area (Å²) >= 11 is 6.03. The van der Waals surface area contributed by atoms with Crippen LogP contribution in [0.5, 0.6) is 0 Å². The molecule has 110 valence electrons. The number of likely N-dealkylation sites (N-methyl/N-ethyl adjacent to an activating group) is 1. The van der Waals surface area contributed by atoms with Gasteiger partial charge in [0.05, 0.1) is 18.2 Å². The van der Waals surface area contributed by atoms with Gasteiger partial charge >= 0.3 is 0 Å². The summed E-state index contributed by atoms with van der Waals surface area (Å²) in [5, 5.41) is 0.137. The van der Waals surface area contributed by atoms with Crippen molar-refractivity contribution in [2.75, 3.05) is 33.9 Å². The Labute approximate surface area is 124 Å². The van der Waals surface area contributed by atoms with Gasteiger partial charge in [0.2, 0.25) is 10.0 Å². The number of nitrogens with two attached hydrogens (primary N) is 1. The fourth-order valence-corrected chi connectivity index (χ4v) is 3.12. The molecule has 0 radical (unpaired) electrons. The minimum absolute atomic E-state index is 0.0519. The first-order valence-electron chi connectivity index (χ1n) is 5.87. The molecule has 0 fully saturated rings. The Hall–Kier alpha value is -1.10. The smallest absolute Gasteiger partial charge is 0.244 e. The van der Waals surface area contributed by atoms with Gasteiger partial charge in [-0.15, -0.1) is 0 Å². The molecule has 0 bridgehead atoms. The van der Waals surface area contributed by atoms with Crippen LogP contribution in [0.3, 0.4) is 0 Å². The van der Waals surface area contributed by atoms with Gasteiger partial charge in [-0.1, -0.05) is 23.4 Å². The molecule has 2 N–H and O–H groups in total. The Bertz CT molecular complexity index is 620. The highest BCUT2D eigenvalue weighted by molar-refractivity contribution is 7.89. The summed E-state index contributed by atoms with van der Waals surface area (Å²) in [6.45, 7) is 0.800. The van der Waals surface area contributed by atoms with Crippen molar-refractivity contribution in [2.24, 2.45) is 5.73 Å². The standard InChI is InChI=1S/C13H17ClN2O3S/c1-16(8-9-19-2)20(17,18)13-6-5-11(4-3-7-15)10-12(13)14/h5-6,10H,7-9,15H2,1-2H3. The maximum Gasteiger partial charge on any atom is 0.244 e. The normalized spacial score (nSPS) is 11.2. The van der Waals surface area contributed by atoms with E-state index < -0.39 is 10.0 Å². The van der Waals surface area contributed by atoms with Gasteiger partial charge in [-0.05, 0) is 18.2 Å². The highest BCUT2D eigenvalue weighted by Crippen LogP contribution is 2.24. The first kappa shape index (κ1) is 17.0. The predicted molar refractivity (Wildman–Crippen MR) is 79.1 cm³/mol. The lowest BCUT2D eigenvalue weighted by atomic mass is 10.2. The fraction of sp³-hybridized carbons (Fsp3) is 0.385. The van der Waals surface area contributed by atoms with Crippen LogP contribution in [0.2, 0.25) is 5.02 Å². The van der Waals surface area contributed by atoms with Gasteiger partial charge in [-0.2, -0.15) is 4.31 Å². The van der Waals surface area contributed by atoms with Crippen LogP contribution < -0.4 is 5.73 Å². The number of nitrogens with zero attached hydrogens (tertiary/aromatic N) is 1. The van der Waals surface area contributed by atoms with E-state index in [1.165, 1.54) is 30.6 Å². The third-order valence-corrected chi connectivity index (χ3v) is 4.90. The van der Waals surface area contributed by atoms with E-state index in [2.05, 4.69) is 11.8 Å². The van der Waals surface area contributed by atoms with Gasteiger partial charge in [-0.25, -0.2) is 8.42 Å². The van der Waals surface area contributed by atoms with Crippen molar-refractivity contribution < 1.29 is 13.2 Å². The lowest BCUT2D eigenvalue weighted by Crippen LogP contribution is -2.30. The number of rotatable bonds is 5. The summed E-state index contributed by atoms with van der Waals surface area (Å²) in [5.41, 5.74) is 5.90. The van der Waals surface area contributed by atoms with Crippen LogP contribution >= 0.6 is 11.6 Å². The maximum atomic E-state index is 12.3. The molecule has 0 heterocycles. The number of hydrogen-bond acceptors (Lipinski definition) is 4. The lowest BCUT2D eigenvalue weighted by molar-refractivity contribution is 0.185. The van der Waals surface area contributed by atoms with Crippen LogP contribution in [0, 0.1) is 11.8 Å². The fourth-order valence-electron chi connectivity index (χ4n) is 1.45. The van der Waals surface area contributed by atoms with E-state index in [1.807, 2.05) is 0 Å². The van der Waals surface area contributed by atoms with E-state index in [4.69, 9.17) is 22.1 Å². The summed E-state index contributed by atoms with van der Waals surface area (Å²) < 4.78 is 30.7. The molecule has 0 amide bonds. The molecule has 0 atom stereocenters. The van der Waals surface area contributed by atoms with Crippen LogP contribution in [0.4, 0.5) is 0 Å². The van der Waals surface area contributed by atoms with Crippen LogP contribution in [0.15, 0.2) is 23.1 Å². The van der Waals surface area contributed by atoms with Crippen molar-refractivity contribution in [1.82, 2.24) is 4.31 Å². The lowest BCUT2D eigenvalue weighted by Gasteiger charge is -2.17. The zero-order valence-electron chi connectivity index (χ0n) is 11.4. The topological polar surface area (TPSA) is 72.6 Å². The molecule has 0 saturated carbocycles. The predicted octanol–water partition coefficient (Wildman–Crippen LogP) is 0.917. The Morgan fingerprint density at radius 2 is 2.15 bits per heavy atom. The number of benzene rings is 1. The molecule has 0 aliphatic heterocycles. The van der Waals surface area contributed by atoms with Crippen molar-refractivity contribution in [3.63, 3.8) is 0 Å². The zero-order chi connectivity index (χ0) is 15.2. The Morgan fingerprint density at radius 3 is 2.70 bits per heavy atom. The van der Waals surface area contributed by atoms with E-state index in [-0.39, 0.29) is 23.0 Å². The SMILES string of the molecule is COCCN(C)S(=O)(=O)c1ccc(C#CCN)cc1Cl. The first-order chi connectivity index (χ1) is 9.43. The number of sulfonamides is 1. The molecule has 1 rings (SSSR count). The largest absolute Gasteiger partial charge is 0.383 e. The Balaban J connectivity index is 3.07. The minimum Gasteiger partial charge on any atom is -0.383 e. The molecule has 0 aliphatic carbocycles. The van der Waals surface area contributed by atoms with Gasteiger partial charge in [0.15, 0.2) is 0 Å².